The van der Waals surface area contributed by atoms with Gasteiger partial charge < -0.3 is 15.4 Å². The largest absolute Gasteiger partial charge is 0.479 e. The van der Waals surface area contributed by atoms with Crippen LogP contribution >= 0.6 is 24.0 Å². The highest BCUT2D eigenvalue weighted by Crippen LogP contribution is 2.32. The minimum atomic E-state index is -0.628. The molecule has 25 heavy (non-hydrogen) atoms. The molecule has 0 aliphatic carbocycles. The van der Waals surface area contributed by atoms with Crippen LogP contribution in [0.15, 0.2) is 36.4 Å². The average molecular weight is 381 g/mol. The predicted octanol–water partition coefficient (Wildman–Crippen LogP) is 4.40. The number of nitrogen functional groups attached to an aromatic ring is 1. The summed E-state index contributed by atoms with van der Waals surface area (Å²) in [5.41, 5.74) is 9.75. The van der Waals surface area contributed by atoms with Crippen LogP contribution in [0.5, 0.6) is 5.75 Å². The molecular weight excluding hydrogens is 359 g/mol. The van der Waals surface area contributed by atoms with E-state index in [1.165, 1.54) is 0 Å². The molecule has 0 radical (unpaired) electrons. The first-order valence-corrected chi connectivity index (χ1v) is 8.46. The number of carbonyl (C=O) groups is 1. The summed E-state index contributed by atoms with van der Waals surface area (Å²) in [6.07, 6.45) is 1.16. The molecule has 1 aliphatic heterocycles. The number of fused-ring (bicyclic) bond motifs is 1. The number of aryl methyl sites for hydroxylation is 1. The predicted molar refractivity (Wildman–Crippen MR) is 105 cm³/mol. The van der Waals surface area contributed by atoms with Crippen molar-refractivity contribution in [3.05, 3.63) is 52.5 Å². The molecule has 1 aliphatic rings. The number of anilines is 2. The van der Waals surface area contributed by atoms with E-state index in [0.29, 0.717) is 17.3 Å². The van der Waals surface area contributed by atoms with Crippen molar-refractivity contribution in [3.63, 3.8) is 0 Å². The summed E-state index contributed by atoms with van der Waals surface area (Å²) in [6.45, 7) is 4.38. The highest BCUT2D eigenvalue weighted by atomic mass is 35.5. The highest BCUT2D eigenvalue weighted by molar-refractivity contribution is 6.32. The van der Waals surface area contributed by atoms with Gasteiger partial charge in [0.1, 0.15) is 5.75 Å². The molecule has 4 nitrogen and oxygen atoms in total. The Morgan fingerprint density at radius 2 is 2.08 bits per heavy atom. The first kappa shape index (κ1) is 19.4. The number of nitrogens with two attached hydrogens (primary N) is 1. The third kappa shape index (κ3) is 4.02. The fourth-order valence-corrected chi connectivity index (χ4v) is 3.20. The van der Waals surface area contributed by atoms with E-state index in [2.05, 4.69) is 0 Å². The number of hydrogen-bond acceptors (Lipinski definition) is 3. The van der Waals surface area contributed by atoms with Gasteiger partial charge in [-0.3, -0.25) is 4.79 Å². The molecule has 0 aromatic heterocycles. The van der Waals surface area contributed by atoms with E-state index < -0.39 is 6.10 Å². The van der Waals surface area contributed by atoms with Crippen LogP contribution in [0.2, 0.25) is 5.02 Å². The maximum atomic E-state index is 12.9. The molecule has 3 rings (SSSR count). The lowest BCUT2D eigenvalue weighted by molar-refractivity contribution is -0.124. The fraction of sp³-hybridized carbons (Fsp3) is 0.316. The van der Waals surface area contributed by atoms with Crippen molar-refractivity contribution < 1.29 is 9.53 Å². The van der Waals surface area contributed by atoms with Gasteiger partial charge in [-0.25, -0.2) is 0 Å². The number of nitrogens with zero attached hydrogens (tertiary/aromatic N) is 1. The molecule has 0 fully saturated rings. The Hall–Kier alpha value is -1.91. The first-order valence-electron chi connectivity index (χ1n) is 8.09. The maximum Gasteiger partial charge on any atom is 0.267 e. The molecule has 2 aromatic carbocycles. The van der Waals surface area contributed by atoms with Crippen LogP contribution in [-0.4, -0.2) is 18.6 Å². The fourth-order valence-electron chi connectivity index (χ4n) is 3.04. The zero-order valence-electron chi connectivity index (χ0n) is 14.3. The monoisotopic (exact) mass is 380 g/mol. The van der Waals surface area contributed by atoms with E-state index in [0.717, 1.165) is 35.3 Å². The molecule has 6 heteroatoms. The van der Waals surface area contributed by atoms with E-state index in [-0.39, 0.29) is 18.3 Å². The molecular formula is C19H22Cl2N2O2. The Bertz CT molecular complexity index is 780. The molecule has 1 atom stereocenters. The number of ether oxygens (including phenoxy) is 1. The van der Waals surface area contributed by atoms with Crippen LogP contribution < -0.4 is 15.4 Å². The molecule has 0 saturated heterocycles. The molecule has 0 bridgehead atoms. The second kappa shape index (κ2) is 7.98. The maximum absolute atomic E-state index is 12.9. The third-order valence-electron chi connectivity index (χ3n) is 4.29. The highest BCUT2D eigenvalue weighted by Gasteiger charge is 2.28. The van der Waals surface area contributed by atoms with Crippen molar-refractivity contribution >= 4 is 41.3 Å². The summed E-state index contributed by atoms with van der Waals surface area (Å²) in [5.74, 6) is 0.446. The van der Waals surface area contributed by atoms with Crippen molar-refractivity contribution in [2.45, 2.75) is 32.8 Å². The van der Waals surface area contributed by atoms with Crippen LogP contribution in [-0.2, 0) is 11.2 Å². The molecule has 2 aromatic rings. The van der Waals surface area contributed by atoms with Crippen molar-refractivity contribution in [1.82, 2.24) is 0 Å². The van der Waals surface area contributed by atoms with Crippen LogP contribution in [0.1, 0.15) is 24.5 Å². The Morgan fingerprint density at radius 1 is 1.32 bits per heavy atom. The summed E-state index contributed by atoms with van der Waals surface area (Å²) < 4.78 is 5.83. The minimum absolute atomic E-state index is 0. The number of hydrogen-bond donors (Lipinski definition) is 1. The van der Waals surface area contributed by atoms with E-state index in [1.54, 1.807) is 17.9 Å². The Kier molecular flexibility index (Phi) is 6.20. The summed E-state index contributed by atoms with van der Waals surface area (Å²) in [6, 6.07) is 11.2. The number of benzene rings is 2. The van der Waals surface area contributed by atoms with E-state index in [4.69, 9.17) is 22.1 Å². The minimum Gasteiger partial charge on any atom is -0.479 e. The van der Waals surface area contributed by atoms with Crippen molar-refractivity contribution in [3.8, 4) is 5.75 Å². The molecule has 2 N–H and O–H groups in total. The van der Waals surface area contributed by atoms with Gasteiger partial charge in [0.2, 0.25) is 0 Å². The number of carbonyl (C=O) groups excluding carboxylic acids is 1. The van der Waals surface area contributed by atoms with Crippen LogP contribution in [0, 0.1) is 6.92 Å². The topological polar surface area (TPSA) is 55.6 Å². The molecule has 1 amide bonds. The van der Waals surface area contributed by atoms with E-state index >= 15 is 0 Å². The Labute approximate surface area is 159 Å². The summed E-state index contributed by atoms with van der Waals surface area (Å²) in [4.78, 5) is 14.7. The van der Waals surface area contributed by atoms with Gasteiger partial charge in [0.05, 0.1) is 5.02 Å². The van der Waals surface area contributed by atoms with Gasteiger partial charge in [0.15, 0.2) is 6.10 Å². The molecule has 0 saturated carbocycles. The van der Waals surface area contributed by atoms with Crippen molar-refractivity contribution in [2.24, 2.45) is 0 Å². The molecule has 1 heterocycles. The van der Waals surface area contributed by atoms with Crippen LogP contribution in [0.4, 0.5) is 11.4 Å². The smallest absolute Gasteiger partial charge is 0.267 e. The lowest BCUT2D eigenvalue weighted by Crippen LogP contribution is -2.43. The van der Waals surface area contributed by atoms with Crippen molar-refractivity contribution in [1.29, 1.82) is 0 Å². The van der Waals surface area contributed by atoms with Gasteiger partial charge in [-0.05, 0) is 62.1 Å². The Morgan fingerprint density at radius 3 is 2.84 bits per heavy atom. The number of halogens is 2. The SMILES string of the molecule is Cc1ccc(Cl)c(OC(C)C(=O)N2CCCc3c(N)cccc32)c1.Cl. The quantitative estimate of drug-likeness (QED) is 0.802. The summed E-state index contributed by atoms with van der Waals surface area (Å²) in [7, 11) is 0. The van der Waals surface area contributed by atoms with Gasteiger partial charge in [-0.2, -0.15) is 0 Å². The lowest BCUT2D eigenvalue weighted by atomic mass is 9.99. The van der Waals surface area contributed by atoms with Gasteiger partial charge in [-0.1, -0.05) is 23.7 Å². The molecule has 134 valence electrons. The summed E-state index contributed by atoms with van der Waals surface area (Å²) in [5, 5.41) is 0.503. The number of rotatable bonds is 3. The normalized spacial score (nSPS) is 14.3. The Balaban J connectivity index is 0.00000225. The molecule has 0 spiro atoms. The zero-order valence-corrected chi connectivity index (χ0v) is 15.9. The van der Waals surface area contributed by atoms with Crippen LogP contribution in [0.25, 0.3) is 0 Å². The van der Waals surface area contributed by atoms with E-state index in [1.807, 2.05) is 37.3 Å². The first-order chi connectivity index (χ1) is 11.5. The lowest BCUT2D eigenvalue weighted by Gasteiger charge is -2.32. The van der Waals surface area contributed by atoms with Crippen molar-refractivity contribution in [2.75, 3.05) is 17.2 Å². The number of amides is 1. The van der Waals surface area contributed by atoms with Gasteiger partial charge in [-0.15, -0.1) is 12.4 Å². The second-order valence-electron chi connectivity index (χ2n) is 6.13. The summed E-state index contributed by atoms with van der Waals surface area (Å²) >= 11 is 6.17. The zero-order chi connectivity index (χ0) is 17.3. The van der Waals surface area contributed by atoms with Gasteiger partial charge >= 0.3 is 0 Å². The van der Waals surface area contributed by atoms with Gasteiger partial charge in [0, 0.05) is 17.9 Å². The standard InChI is InChI=1S/C19H21ClN2O2.ClH/c1-12-8-9-15(20)18(11-12)24-13(2)19(23)22-10-4-5-14-16(21)6-3-7-17(14)22;/h3,6-9,11,13H,4-5,10,21H2,1-2H3;1H. The second-order valence-corrected chi connectivity index (χ2v) is 6.54. The van der Waals surface area contributed by atoms with E-state index in [9.17, 15) is 4.79 Å². The average Bonchev–Trinajstić information content (AvgIpc) is 2.57. The third-order valence-corrected chi connectivity index (χ3v) is 4.60. The molecule has 1 unspecified atom stereocenters. The van der Waals surface area contributed by atoms with Gasteiger partial charge in [0.25, 0.3) is 5.91 Å². The van der Waals surface area contributed by atoms with Crippen LogP contribution in [0.3, 0.4) is 0 Å².